The van der Waals surface area contributed by atoms with E-state index >= 15 is 0 Å². The van der Waals surface area contributed by atoms with Crippen molar-refractivity contribution < 1.29 is 13.9 Å². The van der Waals surface area contributed by atoms with E-state index in [1.54, 1.807) is 38.4 Å². The van der Waals surface area contributed by atoms with Gasteiger partial charge in [-0.3, -0.25) is 4.79 Å². The first kappa shape index (κ1) is 24.1. The van der Waals surface area contributed by atoms with E-state index in [0.717, 1.165) is 22.6 Å². The van der Waals surface area contributed by atoms with E-state index in [0.29, 0.717) is 24.3 Å². The monoisotopic (exact) mass is 473 g/mol. The summed E-state index contributed by atoms with van der Waals surface area (Å²) in [7, 11) is 1.68. The Bertz CT molecular complexity index is 1360. The SMILES string of the molecule is CCOc1ccc(C(C)Cc2cc(-c3ccc(=O)n(C)c3)nc(Oc3c(C)cccc3F)n2)cc1. The maximum absolute atomic E-state index is 14.4. The smallest absolute Gasteiger partial charge is 0.322 e. The summed E-state index contributed by atoms with van der Waals surface area (Å²) in [5, 5.41) is 0. The topological polar surface area (TPSA) is 66.2 Å². The molecule has 0 spiro atoms. The average molecular weight is 474 g/mol. The fourth-order valence-corrected chi connectivity index (χ4v) is 3.84. The molecule has 0 N–H and O–H groups in total. The van der Waals surface area contributed by atoms with Gasteiger partial charge in [0.25, 0.3) is 0 Å². The van der Waals surface area contributed by atoms with Crippen LogP contribution in [0.2, 0.25) is 0 Å². The van der Waals surface area contributed by atoms with Crippen molar-refractivity contribution in [2.45, 2.75) is 33.1 Å². The molecule has 4 rings (SSSR count). The Balaban J connectivity index is 1.70. The van der Waals surface area contributed by atoms with Crippen molar-refractivity contribution in [2.75, 3.05) is 6.61 Å². The molecular formula is C28H28FN3O3. The summed E-state index contributed by atoms with van der Waals surface area (Å²) >= 11 is 0. The van der Waals surface area contributed by atoms with E-state index in [1.165, 1.54) is 16.7 Å². The molecule has 1 unspecified atom stereocenters. The molecule has 0 aliphatic heterocycles. The molecule has 0 bridgehead atoms. The highest BCUT2D eigenvalue weighted by atomic mass is 19.1. The Morgan fingerprint density at radius 1 is 1.06 bits per heavy atom. The normalized spacial score (nSPS) is 11.8. The standard InChI is InChI=1S/C28H28FN3O3/c1-5-34-23-12-9-20(10-13-23)19(3)15-22-16-25(21-11-14-26(33)32(4)17-21)31-28(30-22)35-27-18(2)7-6-8-24(27)29/h6-14,16-17,19H,5,15H2,1-4H3. The number of nitrogens with zero attached hydrogens (tertiary/aromatic N) is 3. The Morgan fingerprint density at radius 2 is 1.83 bits per heavy atom. The highest BCUT2D eigenvalue weighted by molar-refractivity contribution is 5.58. The van der Waals surface area contributed by atoms with Gasteiger partial charge in [-0.15, -0.1) is 0 Å². The van der Waals surface area contributed by atoms with Gasteiger partial charge in [-0.25, -0.2) is 4.39 Å². The lowest BCUT2D eigenvalue weighted by Crippen LogP contribution is -2.14. The molecule has 0 radical (unpaired) electrons. The summed E-state index contributed by atoms with van der Waals surface area (Å²) in [6, 6.07) is 17.9. The second-order valence-electron chi connectivity index (χ2n) is 8.49. The average Bonchev–Trinajstić information content (AvgIpc) is 2.84. The van der Waals surface area contributed by atoms with E-state index in [-0.39, 0.29) is 23.2 Å². The predicted octanol–water partition coefficient (Wildman–Crippen LogP) is 5.83. The number of benzene rings is 2. The molecule has 0 aliphatic rings. The van der Waals surface area contributed by atoms with Crippen LogP contribution in [0.3, 0.4) is 0 Å². The molecule has 2 heterocycles. The van der Waals surface area contributed by atoms with Crippen LogP contribution in [0.4, 0.5) is 4.39 Å². The number of aryl methyl sites for hydroxylation is 2. The van der Waals surface area contributed by atoms with Crippen LogP contribution in [0.15, 0.2) is 71.7 Å². The van der Waals surface area contributed by atoms with Gasteiger partial charge in [-0.2, -0.15) is 9.97 Å². The van der Waals surface area contributed by atoms with Crippen LogP contribution >= 0.6 is 0 Å². The molecule has 1 atom stereocenters. The molecule has 6 nitrogen and oxygen atoms in total. The molecule has 7 heteroatoms. The zero-order valence-electron chi connectivity index (χ0n) is 20.3. The van der Waals surface area contributed by atoms with Gasteiger partial charge in [0, 0.05) is 30.6 Å². The largest absolute Gasteiger partial charge is 0.494 e. The number of aromatic nitrogens is 3. The molecule has 2 aromatic heterocycles. The van der Waals surface area contributed by atoms with Gasteiger partial charge in [0.05, 0.1) is 12.3 Å². The number of hydrogen-bond acceptors (Lipinski definition) is 5. The van der Waals surface area contributed by atoms with E-state index in [2.05, 4.69) is 16.9 Å². The molecule has 180 valence electrons. The Kier molecular flexibility index (Phi) is 7.25. The third-order valence-electron chi connectivity index (χ3n) is 5.77. The third kappa shape index (κ3) is 5.74. The van der Waals surface area contributed by atoms with Gasteiger partial charge in [-0.05, 0) is 67.6 Å². The number of ether oxygens (including phenoxy) is 2. The van der Waals surface area contributed by atoms with Crippen molar-refractivity contribution >= 4 is 0 Å². The lowest BCUT2D eigenvalue weighted by atomic mass is 9.95. The summed E-state index contributed by atoms with van der Waals surface area (Å²) in [5.74, 6) is 0.594. The van der Waals surface area contributed by atoms with Crippen molar-refractivity contribution in [3.05, 3.63) is 99.9 Å². The second kappa shape index (κ2) is 10.5. The zero-order chi connectivity index (χ0) is 24.9. The summed E-state index contributed by atoms with van der Waals surface area (Å²) in [4.78, 5) is 21.0. The molecule has 0 aliphatic carbocycles. The van der Waals surface area contributed by atoms with Gasteiger partial charge in [0.15, 0.2) is 11.6 Å². The molecule has 0 amide bonds. The van der Waals surface area contributed by atoms with E-state index < -0.39 is 5.82 Å². The lowest BCUT2D eigenvalue weighted by molar-refractivity contribution is 0.340. The summed E-state index contributed by atoms with van der Waals surface area (Å²) < 4.78 is 27.3. The number of hydrogen-bond donors (Lipinski definition) is 0. The highest BCUT2D eigenvalue weighted by Crippen LogP contribution is 2.29. The summed E-state index contributed by atoms with van der Waals surface area (Å²) in [5.41, 5.74) is 3.74. The zero-order valence-corrected chi connectivity index (χ0v) is 20.3. The van der Waals surface area contributed by atoms with Crippen LogP contribution < -0.4 is 15.0 Å². The van der Waals surface area contributed by atoms with Crippen molar-refractivity contribution in [1.82, 2.24) is 14.5 Å². The van der Waals surface area contributed by atoms with Gasteiger partial charge < -0.3 is 14.0 Å². The lowest BCUT2D eigenvalue weighted by Gasteiger charge is -2.15. The first-order valence-corrected chi connectivity index (χ1v) is 11.5. The minimum atomic E-state index is -0.481. The maximum atomic E-state index is 14.4. The first-order chi connectivity index (χ1) is 16.8. The quantitative estimate of drug-likeness (QED) is 0.322. The number of pyridine rings is 1. The third-order valence-corrected chi connectivity index (χ3v) is 5.77. The van der Waals surface area contributed by atoms with Gasteiger partial charge in [0.1, 0.15) is 5.75 Å². The van der Waals surface area contributed by atoms with Crippen LogP contribution in [0.25, 0.3) is 11.3 Å². The van der Waals surface area contributed by atoms with Crippen molar-refractivity contribution in [2.24, 2.45) is 7.05 Å². The predicted molar refractivity (Wildman–Crippen MR) is 134 cm³/mol. The fraction of sp³-hybridized carbons (Fsp3) is 0.250. The Labute approximate surface area is 204 Å². The second-order valence-corrected chi connectivity index (χ2v) is 8.49. The minimum absolute atomic E-state index is 0.0541. The van der Waals surface area contributed by atoms with Crippen molar-refractivity contribution in [1.29, 1.82) is 0 Å². The van der Waals surface area contributed by atoms with Gasteiger partial charge >= 0.3 is 6.01 Å². The van der Waals surface area contributed by atoms with Gasteiger partial charge in [0.2, 0.25) is 5.56 Å². The van der Waals surface area contributed by atoms with E-state index in [9.17, 15) is 9.18 Å². The fourth-order valence-electron chi connectivity index (χ4n) is 3.84. The summed E-state index contributed by atoms with van der Waals surface area (Å²) in [6.07, 6.45) is 2.32. The number of rotatable bonds is 8. The maximum Gasteiger partial charge on any atom is 0.322 e. The number of para-hydroxylation sites is 1. The molecule has 4 aromatic rings. The van der Waals surface area contributed by atoms with Crippen LogP contribution in [0.1, 0.15) is 36.6 Å². The minimum Gasteiger partial charge on any atom is -0.494 e. The van der Waals surface area contributed by atoms with Crippen LogP contribution in [-0.4, -0.2) is 21.1 Å². The van der Waals surface area contributed by atoms with Crippen molar-refractivity contribution in [3.63, 3.8) is 0 Å². The molecule has 2 aromatic carbocycles. The first-order valence-electron chi connectivity index (χ1n) is 11.5. The van der Waals surface area contributed by atoms with Crippen molar-refractivity contribution in [3.8, 4) is 28.8 Å². The molecule has 0 saturated heterocycles. The van der Waals surface area contributed by atoms with E-state index in [4.69, 9.17) is 9.47 Å². The van der Waals surface area contributed by atoms with Crippen LogP contribution in [0, 0.1) is 12.7 Å². The summed E-state index contributed by atoms with van der Waals surface area (Å²) in [6.45, 7) is 6.46. The van der Waals surface area contributed by atoms with Crippen LogP contribution in [-0.2, 0) is 13.5 Å². The molecule has 0 fully saturated rings. The molecular weight excluding hydrogens is 445 g/mol. The van der Waals surface area contributed by atoms with Gasteiger partial charge in [-0.1, -0.05) is 31.2 Å². The highest BCUT2D eigenvalue weighted by Gasteiger charge is 2.16. The molecule has 0 saturated carbocycles. The number of halogens is 1. The van der Waals surface area contributed by atoms with Crippen LogP contribution in [0.5, 0.6) is 17.5 Å². The Morgan fingerprint density at radius 3 is 2.51 bits per heavy atom. The Hall–Kier alpha value is -4.00. The molecule has 35 heavy (non-hydrogen) atoms. The van der Waals surface area contributed by atoms with E-state index in [1.807, 2.05) is 37.3 Å².